The van der Waals surface area contributed by atoms with Crippen molar-refractivity contribution in [3.8, 4) is 0 Å². The molecule has 1 aliphatic heterocycles. The second-order valence-electron chi connectivity index (χ2n) is 9.89. The Morgan fingerprint density at radius 2 is 1.77 bits per heavy atom. The number of piperidine rings is 1. The summed E-state index contributed by atoms with van der Waals surface area (Å²) in [6, 6.07) is 16.2. The molecule has 1 aliphatic rings. The van der Waals surface area contributed by atoms with E-state index in [2.05, 4.69) is 4.98 Å². The van der Waals surface area contributed by atoms with Gasteiger partial charge in [-0.2, -0.15) is 0 Å². The average Bonchev–Trinajstić information content (AvgIpc) is 3.28. The third-order valence-electron chi connectivity index (χ3n) is 7.41. The van der Waals surface area contributed by atoms with E-state index in [1.54, 1.807) is 59.7 Å². The lowest BCUT2D eigenvalue weighted by molar-refractivity contribution is 0.0704. The number of hydrogen-bond donors (Lipinski definition) is 0. The molecule has 202 valence electrons. The molecule has 4 aromatic rings. The number of likely N-dealkylation sites (tertiary alicyclic amines) is 1. The van der Waals surface area contributed by atoms with Crippen LogP contribution in [0.3, 0.4) is 0 Å². The number of allylic oxidation sites excluding steroid dienone is 1. The van der Waals surface area contributed by atoms with E-state index in [0.717, 1.165) is 0 Å². The van der Waals surface area contributed by atoms with Crippen LogP contribution in [0.15, 0.2) is 66.7 Å². The van der Waals surface area contributed by atoms with E-state index < -0.39 is 24.7 Å². The molecule has 0 aliphatic carbocycles. The lowest BCUT2D eigenvalue weighted by Gasteiger charge is -2.32. The molecule has 8 heteroatoms. The molecule has 0 atom stereocenters. The van der Waals surface area contributed by atoms with Crippen LogP contribution in [0.2, 0.25) is 0 Å². The fourth-order valence-corrected chi connectivity index (χ4v) is 5.52. The summed E-state index contributed by atoms with van der Waals surface area (Å²) < 4.78 is 57.4. The summed E-state index contributed by atoms with van der Waals surface area (Å²) in [5, 5.41) is 0. The first-order valence-corrected chi connectivity index (χ1v) is 13.0. The van der Waals surface area contributed by atoms with E-state index in [0.29, 0.717) is 65.1 Å². The van der Waals surface area contributed by atoms with Gasteiger partial charge < -0.3 is 9.47 Å². The summed E-state index contributed by atoms with van der Waals surface area (Å²) in [6.45, 7) is 3.90. The van der Waals surface area contributed by atoms with Crippen molar-refractivity contribution >= 4 is 22.5 Å². The number of amides is 1. The van der Waals surface area contributed by atoms with Gasteiger partial charge in [0, 0.05) is 19.0 Å². The lowest BCUT2D eigenvalue weighted by atomic mass is 9.91. The van der Waals surface area contributed by atoms with Crippen molar-refractivity contribution in [1.29, 1.82) is 0 Å². The number of rotatable bonds is 6. The number of hydrogen-bond acceptors (Lipinski definition) is 2. The number of alkyl halides is 2. The van der Waals surface area contributed by atoms with Crippen molar-refractivity contribution in [2.75, 3.05) is 13.1 Å². The van der Waals surface area contributed by atoms with Crippen LogP contribution in [0.5, 0.6) is 0 Å². The van der Waals surface area contributed by atoms with Crippen molar-refractivity contribution < 1.29 is 22.4 Å². The summed E-state index contributed by atoms with van der Waals surface area (Å²) >= 11 is 0. The Balaban J connectivity index is 1.35. The molecule has 4 nitrogen and oxygen atoms in total. The van der Waals surface area contributed by atoms with Gasteiger partial charge in [0.2, 0.25) is 0 Å². The van der Waals surface area contributed by atoms with E-state index in [9.17, 15) is 18.0 Å². The Labute approximate surface area is 224 Å². The second kappa shape index (κ2) is 11.0. The molecule has 2 heterocycles. The summed E-state index contributed by atoms with van der Waals surface area (Å²) in [4.78, 5) is 19.6. The maximum Gasteiger partial charge on any atom is 0.256 e. The molecule has 0 spiro atoms. The molecule has 1 aromatic heterocycles. The van der Waals surface area contributed by atoms with E-state index >= 15 is 4.39 Å². The number of aryl methyl sites for hydroxylation is 1. The van der Waals surface area contributed by atoms with Gasteiger partial charge in [-0.05, 0) is 85.4 Å². The molecule has 0 saturated carbocycles. The van der Waals surface area contributed by atoms with Gasteiger partial charge in [-0.15, -0.1) is 0 Å². The van der Waals surface area contributed by atoms with Crippen LogP contribution in [0.25, 0.3) is 16.6 Å². The zero-order valence-electron chi connectivity index (χ0n) is 21.8. The highest BCUT2D eigenvalue weighted by molar-refractivity contribution is 5.96. The number of benzene rings is 3. The average molecular weight is 536 g/mol. The predicted octanol–water partition coefficient (Wildman–Crippen LogP) is 7.36. The molecule has 1 fully saturated rings. The molecule has 1 saturated heterocycles. The van der Waals surface area contributed by atoms with Gasteiger partial charge in [-0.1, -0.05) is 30.3 Å². The maximum atomic E-state index is 15.3. The zero-order valence-corrected chi connectivity index (χ0v) is 21.8. The zero-order chi connectivity index (χ0) is 27.7. The number of fused-ring (bicyclic) bond motifs is 1. The van der Waals surface area contributed by atoms with Gasteiger partial charge in [-0.3, -0.25) is 4.79 Å². The highest BCUT2D eigenvalue weighted by Gasteiger charge is 2.30. The van der Waals surface area contributed by atoms with Gasteiger partial charge in [0.15, 0.2) is 0 Å². The molecule has 0 bridgehead atoms. The van der Waals surface area contributed by atoms with Gasteiger partial charge >= 0.3 is 0 Å². The van der Waals surface area contributed by atoms with Crippen LogP contribution >= 0.6 is 0 Å². The first-order valence-electron chi connectivity index (χ1n) is 13.0. The number of imidazole rings is 1. The Morgan fingerprint density at radius 1 is 1.03 bits per heavy atom. The fourth-order valence-electron chi connectivity index (χ4n) is 5.52. The van der Waals surface area contributed by atoms with E-state index in [4.69, 9.17) is 0 Å². The maximum absolute atomic E-state index is 15.3. The number of carbonyl (C=O) groups is 1. The second-order valence-corrected chi connectivity index (χ2v) is 9.89. The number of halogens is 4. The number of aromatic nitrogens is 2. The Hall–Kier alpha value is -3.94. The van der Waals surface area contributed by atoms with Gasteiger partial charge in [-0.25, -0.2) is 22.5 Å². The smallest absolute Gasteiger partial charge is 0.256 e. The topological polar surface area (TPSA) is 38.1 Å². The van der Waals surface area contributed by atoms with Crippen LogP contribution in [0, 0.1) is 18.6 Å². The molecule has 0 unspecified atom stereocenters. The van der Waals surface area contributed by atoms with Crippen molar-refractivity contribution in [2.24, 2.45) is 0 Å². The molecule has 0 N–H and O–H groups in total. The monoisotopic (exact) mass is 535 g/mol. The molecular weight excluding hydrogens is 506 g/mol. The van der Waals surface area contributed by atoms with Crippen molar-refractivity contribution in [3.63, 3.8) is 0 Å². The predicted molar refractivity (Wildman–Crippen MR) is 144 cm³/mol. The minimum atomic E-state index is -2.51. The van der Waals surface area contributed by atoms with Gasteiger partial charge in [0.05, 0.1) is 23.1 Å². The van der Waals surface area contributed by atoms with Crippen LogP contribution in [-0.2, 0) is 6.54 Å². The number of para-hydroxylation sites is 2. The number of nitrogens with zero attached hydrogens (tertiary/aromatic N) is 3. The largest absolute Gasteiger partial charge is 0.339 e. The molecule has 5 rings (SSSR count). The molecule has 0 radical (unpaired) electrons. The fraction of sp³-hybridized carbons (Fsp3) is 0.290. The van der Waals surface area contributed by atoms with Crippen LogP contribution in [-0.4, -0.2) is 39.9 Å². The van der Waals surface area contributed by atoms with Crippen LogP contribution in [0.4, 0.5) is 17.6 Å². The van der Waals surface area contributed by atoms with Crippen LogP contribution < -0.4 is 0 Å². The lowest BCUT2D eigenvalue weighted by Crippen LogP contribution is -2.39. The summed E-state index contributed by atoms with van der Waals surface area (Å²) in [5.74, 6) is -0.916. The van der Waals surface area contributed by atoms with E-state index in [1.165, 1.54) is 18.2 Å². The normalized spacial score (nSPS) is 14.9. The van der Waals surface area contributed by atoms with Crippen molar-refractivity contribution in [2.45, 2.75) is 45.6 Å². The standard InChI is InChI=1S/C31H29F4N3O/c1-3-23(21-7-6-8-22(32)16-21)24-17-26(33)25(15-19(24)2)31(39)37-13-11-20(12-14-37)30-36-27-9-4-5-10-28(27)38(30)18-29(34)35/h3-10,15-17,20,29H,11-14,18H2,1-2H3/b23-3-. The molecule has 1 amide bonds. The van der Waals surface area contributed by atoms with Crippen molar-refractivity contribution in [3.05, 3.63) is 106 Å². The first-order chi connectivity index (χ1) is 18.8. The Bertz CT molecular complexity index is 1550. The van der Waals surface area contributed by atoms with E-state index in [1.807, 2.05) is 12.1 Å². The third-order valence-corrected chi connectivity index (χ3v) is 7.41. The quantitative estimate of drug-likeness (QED) is 0.242. The first kappa shape index (κ1) is 26.7. The highest BCUT2D eigenvalue weighted by Crippen LogP contribution is 2.33. The molecular formula is C31H29F4N3O. The highest BCUT2D eigenvalue weighted by atomic mass is 19.3. The van der Waals surface area contributed by atoms with E-state index in [-0.39, 0.29) is 17.3 Å². The van der Waals surface area contributed by atoms with Crippen LogP contribution in [0.1, 0.15) is 58.6 Å². The third kappa shape index (κ3) is 5.33. The Kier molecular flexibility index (Phi) is 7.55. The Morgan fingerprint density at radius 3 is 2.46 bits per heavy atom. The van der Waals surface area contributed by atoms with Gasteiger partial charge in [0.25, 0.3) is 12.3 Å². The molecule has 39 heavy (non-hydrogen) atoms. The SMILES string of the molecule is C/C=C(/c1cccc(F)c1)c1cc(F)c(C(=O)N2CCC(c3nc4ccccc4n3CC(F)F)CC2)cc1C. The number of carbonyl (C=O) groups excluding carboxylic acids is 1. The summed E-state index contributed by atoms with van der Waals surface area (Å²) in [5.41, 5.74) is 3.91. The molecule has 3 aromatic carbocycles. The summed E-state index contributed by atoms with van der Waals surface area (Å²) in [6.07, 6.45) is 0.365. The minimum Gasteiger partial charge on any atom is -0.339 e. The van der Waals surface area contributed by atoms with Crippen molar-refractivity contribution in [1.82, 2.24) is 14.5 Å². The van der Waals surface area contributed by atoms with Gasteiger partial charge in [0.1, 0.15) is 17.5 Å². The minimum absolute atomic E-state index is 0.0191. The summed E-state index contributed by atoms with van der Waals surface area (Å²) in [7, 11) is 0.